The van der Waals surface area contributed by atoms with Crippen LogP contribution in [0, 0.1) is 6.92 Å². The van der Waals surface area contributed by atoms with Gasteiger partial charge in [0.15, 0.2) is 5.43 Å². The van der Waals surface area contributed by atoms with Crippen LogP contribution in [0.3, 0.4) is 0 Å². The molecular formula is C12H16N2O2. The second-order valence-corrected chi connectivity index (χ2v) is 4.23. The molecule has 0 aliphatic carbocycles. The Labute approximate surface area is 94.3 Å². The van der Waals surface area contributed by atoms with E-state index in [0.29, 0.717) is 12.1 Å². The normalized spacial score (nSPS) is 13.6. The van der Waals surface area contributed by atoms with Gasteiger partial charge in [-0.1, -0.05) is 0 Å². The Hall–Kier alpha value is -1.58. The van der Waals surface area contributed by atoms with Crippen molar-refractivity contribution in [3.8, 4) is 0 Å². The fourth-order valence-electron chi connectivity index (χ4n) is 2.24. The summed E-state index contributed by atoms with van der Waals surface area (Å²) in [5.74, 6) is -0.107. The summed E-state index contributed by atoms with van der Waals surface area (Å²) in [5.41, 5.74) is 2.86. The highest BCUT2D eigenvalue weighted by Crippen LogP contribution is 2.16. The van der Waals surface area contributed by atoms with Gasteiger partial charge in [0, 0.05) is 43.0 Å². The number of fused-ring (bicyclic) bond motifs is 1. The lowest BCUT2D eigenvalue weighted by atomic mass is 10.1. The van der Waals surface area contributed by atoms with Crippen molar-refractivity contribution < 1.29 is 4.79 Å². The predicted octanol–water partition coefficient (Wildman–Crippen LogP) is 0.739. The van der Waals surface area contributed by atoms with Crippen LogP contribution in [0.4, 0.5) is 0 Å². The lowest BCUT2D eigenvalue weighted by Gasteiger charge is -2.13. The summed E-state index contributed by atoms with van der Waals surface area (Å²) < 4.78 is 2.18. The maximum Gasteiger partial charge on any atom is 0.217 e. The van der Waals surface area contributed by atoms with Crippen molar-refractivity contribution in [2.24, 2.45) is 0 Å². The minimum Gasteiger partial charge on any atom is -0.352 e. The molecule has 2 heterocycles. The molecule has 2 rings (SSSR count). The van der Waals surface area contributed by atoms with Crippen molar-refractivity contribution in [1.82, 2.24) is 9.88 Å². The molecule has 16 heavy (non-hydrogen) atoms. The smallest absolute Gasteiger partial charge is 0.217 e. The Morgan fingerprint density at radius 2 is 2.31 bits per heavy atom. The van der Waals surface area contributed by atoms with Gasteiger partial charge in [0.1, 0.15) is 0 Å². The van der Waals surface area contributed by atoms with Crippen molar-refractivity contribution in [1.29, 1.82) is 0 Å². The highest BCUT2D eigenvalue weighted by Gasteiger charge is 2.16. The number of rotatable bonds is 2. The molecule has 0 spiro atoms. The Bertz CT molecular complexity index is 489. The third-order valence-corrected chi connectivity index (χ3v) is 3.11. The molecule has 0 unspecified atom stereocenters. The molecule has 4 nitrogen and oxygen atoms in total. The van der Waals surface area contributed by atoms with E-state index in [2.05, 4.69) is 9.88 Å². The van der Waals surface area contributed by atoms with Gasteiger partial charge in [0.25, 0.3) is 0 Å². The van der Waals surface area contributed by atoms with Crippen LogP contribution in [0.15, 0.2) is 10.9 Å². The van der Waals surface area contributed by atoms with Gasteiger partial charge in [0.05, 0.1) is 0 Å². The number of hydrogen-bond donors (Lipinski definition) is 1. The summed E-state index contributed by atoms with van der Waals surface area (Å²) in [6.45, 7) is 4.72. The number of aromatic nitrogens is 1. The molecule has 0 saturated carbocycles. The number of aryl methyl sites for hydroxylation is 1. The first-order valence-electron chi connectivity index (χ1n) is 5.56. The topological polar surface area (TPSA) is 51.1 Å². The van der Waals surface area contributed by atoms with E-state index in [1.807, 2.05) is 6.92 Å². The second-order valence-electron chi connectivity index (χ2n) is 4.23. The summed E-state index contributed by atoms with van der Waals surface area (Å²) in [6, 6.07) is 1.71. The van der Waals surface area contributed by atoms with Crippen LogP contribution in [-0.2, 0) is 24.3 Å². The zero-order chi connectivity index (χ0) is 11.7. The highest BCUT2D eigenvalue weighted by atomic mass is 16.1. The van der Waals surface area contributed by atoms with Crippen molar-refractivity contribution in [3.05, 3.63) is 33.2 Å². The van der Waals surface area contributed by atoms with E-state index in [1.165, 1.54) is 6.92 Å². The van der Waals surface area contributed by atoms with Crippen molar-refractivity contribution in [3.63, 3.8) is 0 Å². The van der Waals surface area contributed by atoms with Crippen LogP contribution in [0.2, 0.25) is 0 Å². The van der Waals surface area contributed by atoms with Crippen molar-refractivity contribution in [2.75, 3.05) is 0 Å². The van der Waals surface area contributed by atoms with E-state index in [-0.39, 0.29) is 11.3 Å². The van der Waals surface area contributed by atoms with Gasteiger partial charge in [-0.2, -0.15) is 0 Å². The first kappa shape index (κ1) is 10.9. The monoisotopic (exact) mass is 220 g/mol. The Kier molecular flexibility index (Phi) is 2.81. The number of carbonyl (C=O) groups is 1. The molecule has 0 saturated heterocycles. The van der Waals surface area contributed by atoms with E-state index in [4.69, 9.17) is 0 Å². The summed E-state index contributed by atoms with van der Waals surface area (Å²) in [7, 11) is 0. The fourth-order valence-corrected chi connectivity index (χ4v) is 2.24. The Morgan fingerprint density at radius 1 is 1.56 bits per heavy atom. The molecule has 0 bridgehead atoms. The highest BCUT2D eigenvalue weighted by molar-refractivity contribution is 5.72. The number of carbonyl (C=O) groups excluding carboxylic acids is 1. The van der Waals surface area contributed by atoms with Gasteiger partial charge in [-0.05, 0) is 19.8 Å². The third kappa shape index (κ3) is 1.87. The summed E-state index contributed by atoms with van der Waals surface area (Å²) >= 11 is 0. The SMILES string of the molecule is CC(=O)NCc1c(C)n2c(cc1=O)CCC2. The number of pyridine rings is 1. The predicted molar refractivity (Wildman–Crippen MR) is 61.3 cm³/mol. The van der Waals surface area contributed by atoms with Crippen molar-refractivity contribution in [2.45, 2.75) is 39.8 Å². The van der Waals surface area contributed by atoms with Crippen LogP contribution < -0.4 is 10.7 Å². The molecule has 86 valence electrons. The van der Waals surface area contributed by atoms with E-state index in [1.54, 1.807) is 6.07 Å². The van der Waals surface area contributed by atoms with Gasteiger partial charge in [-0.25, -0.2) is 0 Å². The molecule has 0 atom stereocenters. The lowest BCUT2D eigenvalue weighted by Crippen LogP contribution is -2.26. The van der Waals surface area contributed by atoms with Crippen LogP contribution in [0.1, 0.15) is 30.3 Å². The second kappa shape index (κ2) is 4.12. The quantitative estimate of drug-likeness (QED) is 0.799. The number of nitrogens with one attached hydrogen (secondary N) is 1. The number of hydrogen-bond acceptors (Lipinski definition) is 2. The first-order valence-corrected chi connectivity index (χ1v) is 5.56. The fraction of sp³-hybridized carbons (Fsp3) is 0.500. The Balaban J connectivity index is 2.38. The van der Waals surface area contributed by atoms with Gasteiger partial charge in [-0.3, -0.25) is 9.59 Å². The molecule has 1 aromatic rings. The van der Waals surface area contributed by atoms with Crippen LogP contribution in [0.25, 0.3) is 0 Å². The van der Waals surface area contributed by atoms with Crippen LogP contribution in [0.5, 0.6) is 0 Å². The molecular weight excluding hydrogens is 204 g/mol. The average molecular weight is 220 g/mol. The summed E-state index contributed by atoms with van der Waals surface area (Å²) in [6.07, 6.45) is 2.08. The van der Waals surface area contributed by atoms with Gasteiger partial charge in [-0.15, -0.1) is 0 Å². The molecule has 0 radical (unpaired) electrons. The molecule has 0 fully saturated rings. The number of amides is 1. The van der Waals surface area contributed by atoms with Crippen molar-refractivity contribution >= 4 is 5.91 Å². The summed E-state index contributed by atoms with van der Waals surface area (Å²) in [4.78, 5) is 22.7. The summed E-state index contributed by atoms with van der Waals surface area (Å²) in [5, 5.41) is 2.68. The zero-order valence-electron chi connectivity index (χ0n) is 9.67. The van der Waals surface area contributed by atoms with E-state index in [9.17, 15) is 9.59 Å². The van der Waals surface area contributed by atoms with E-state index in [0.717, 1.165) is 30.8 Å². The van der Waals surface area contributed by atoms with Crippen LogP contribution in [-0.4, -0.2) is 10.5 Å². The first-order chi connectivity index (χ1) is 7.59. The molecule has 1 N–H and O–H groups in total. The van der Waals surface area contributed by atoms with Gasteiger partial charge < -0.3 is 9.88 Å². The molecule has 1 aliphatic rings. The maximum absolute atomic E-state index is 11.8. The van der Waals surface area contributed by atoms with Gasteiger partial charge in [0.2, 0.25) is 5.91 Å². The largest absolute Gasteiger partial charge is 0.352 e. The molecule has 1 aromatic heterocycles. The third-order valence-electron chi connectivity index (χ3n) is 3.11. The average Bonchev–Trinajstić information content (AvgIpc) is 2.64. The van der Waals surface area contributed by atoms with Gasteiger partial charge >= 0.3 is 0 Å². The number of nitrogens with zero attached hydrogens (tertiary/aromatic N) is 1. The Morgan fingerprint density at radius 3 is 3.00 bits per heavy atom. The zero-order valence-corrected chi connectivity index (χ0v) is 9.67. The maximum atomic E-state index is 11.8. The minimum atomic E-state index is -0.107. The molecule has 1 aliphatic heterocycles. The minimum absolute atomic E-state index is 0.0411. The van der Waals surface area contributed by atoms with E-state index >= 15 is 0 Å². The molecule has 0 aromatic carbocycles. The van der Waals surface area contributed by atoms with Crippen LogP contribution >= 0.6 is 0 Å². The van der Waals surface area contributed by atoms with E-state index < -0.39 is 0 Å². The standard InChI is InChI=1S/C12H16N2O2/c1-8-11(7-13-9(2)15)12(16)6-10-4-3-5-14(8)10/h6H,3-5,7H2,1-2H3,(H,13,15). The molecule has 1 amide bonds. The molecule has 4 heteroatoms. The lowest BCUT2D eigenvalue weighted by molar-refractivity contribution is -0.119.